The van der Waals surface area contributed by atoms with Gasteiger partial charge >= 0.3 is 0 Å². The number of halogens is 1. The Morgan fingerprint density at radius 1 is 1.37 bits per heavy atom. The Labute approximate surface area is 114 Å². The van der Waals surface area contributed by atoms with E-state index in [1.807, 2.05) is 26.2 Å². The Balaban J connectivity index is 2.06. The van der Waals surface area contributed by atoms with Gasteiger partial charge in [-0.1, -0.05) is 0 Å². The number of nitrogens with zero attached hydrogens (tertiary/aromatic N) is 1. The molecule has 0 radical (unpaired) electrons. The van der Waals surface area contributed by atoms with Crippen LogP contribution in [0.5, 0.6) is 0 Å². The molecule has 2 aromatic heterocycles. The Kier molecular flexibility index (Phi) is 3.08. The van der Waals surface area contributed by atoms with Crippen LogP contribution in [0.25, 0.3) is 11.0 Å². The van der Waals surface area contributed by atoms with E-state index in [0.717, 1.165) is 21.0 Å². The first-order chi connectivity index (χ1) is 9.17. The van der Waals surface area contributed by atoms with Crippen LogP contribution in [0, 0.1) is 12.7 Å². The molecule has 0 aliphatic heterocycles. The minimum absolute atomic E-state index is 0.0540. The van der Waals surface area contributed by atoms with Gasteiger partial charge in [0.05, 0.1) is 5.01 Å². The van der Waals surface area contributed by atoms with Crippen molar-refractivity contribution in [2.24, 2.45) is 0 Å². The lowest BCUT2D eigenvalue weighted by atomic mass is 10.2. The van der Waals surface area contributed by atoms with Gasteiger partial charge in [-0.2, -0.15) is 0 Å². The van der Waals surface area contributed by atoms with Crippen LogP contribution in [0.2, 0.25) is 0 Å². The van der Waals surface area contributed by atoms with E-state index in [9.17, 15) is 4.39 Å². The quantitative estimate of drug-likeness (QED) is 0.793. The maximum Gasteiger partial charge on any atom is 0.134 e. The molecule has 3 rings (SSSR count). The number of rotatable bonds is 3. The maximum atomic E-state index is 13.2. The molecule has 1 atom stereocenters. The van der Waals surface area contributed by atoms with Crippen LogP contribution in [0.4, 0.5) is 4.39 Å². The van der Waals surface area contributed by atoms with E-state index in [1.54, 1.807) is 17.4 Å². The summed E-state index contributed by atoms with van der Waals surface area (Å²) in [7, 11) is 1.87. The van der Waals surface area contributed by atoms with Gasteiger partial charge in [-0.15, -0.1) is 11.3 Å². The van der Waals surface area contributed by atoms with Crippen molar-refractivity contribution in [3.8, 4) is 0 Å². The third kappa shape index (κ3) is 2.27. The zero-order valence-electron chi connectivity index (χ0n) is 10.6. The molecular weight excluding hydrogens is 263 g/mol. The third-order valence-corrected chi connectivity index (χ3v) is 3.97. The standard InChI is InChI=1S/C14H13FN2OS/c1-8-17-7-13(19-8)14(16-2)12-6-9-5-10(15)3-4-11(9)18-12/h3-7,14,16H,1-2H3. The van der Waals surface area contributed by atoms with Crippen LogP contribution >= 0.6 is 11.3 Å². The van der Waals surface area contributed by atoms with Gasteiger partial charge in [0, 0.05) is 16.5 Å². The summed E-state index contributed by atoms with van der Waals surface area (Å²) in [5.74, 6) is 0.515. The van der Waals surface area contributed by atoms with Crippen LogP contribution in [-0.2, 0) is 0 Å². The summed E-state index contributed by atoms with van der Waals surface area (Å²) >= 11 is 1.62. The van der Waals surface area contributed by atoms with Crippen molar-refractivity contribution in [3.05, 3.63) is 51.9 Å². The normalized spacial score (nSPS) is 13.0. The lowest BCUT2D eigenvalue weighted by Gasteiger charge is -2.10. The van der Waals surface area contributed by atoms with Crippen molar-refractivity contribution in [2.45, 2.75) is 13.0 Å². The first kappa shape index (κ1) is 12.3. The molecule has 0 aliphatic carbocycles. The van der Waals surface area contributed by atoms with Gasteiger partial charge in [-0.3, -0.25) is 0 Å². The maximum absolute atomic E-state index is 13.2. The summed E-state index contributed by atoms with van der Waals surface area (Å²) in [5.41, 5.74) is 0.692. The molecule has 0 amide bonds. The van der Waals surface area contributed by atoms with Gasteiger partial charge in [-0.05, 0) is 38.2 Å². The van der Waals surface area contributed by atoms with Gasteiger partial charge in [0.15, 0.2) is 0 Å². The third-order valence-electron chi connectivity index (χ3n) is 2.99. The highest BCUT2D eigenvalue weighted by Gasteiger charge is 2.19. The summed E-state index contributed by atoms with van der Waals surface area (Å²) in [5, 5.41) is 4.99. The van der Waals surface area contributed by atoms with E-state index >= 15 is 0 Å². The summed E-state index contributed by atoms with van der Waals surface area (Å²) in [6.07, 6.45) is 1.84. The predicted molar refractivity (Wildman–Crippen MR) is 73.9 cm³/mol. The van der Waals surface area contributed by atoms with E-state index in [4.69, 9.17) is 4.42 Å². The summed E-state index contributed by atoms with van der Waals surface area (Å²) in [6, 6.07) is 6.35. The molecule has 5 heteroatoms. The fraction of sp³-hybridized carbons (Fsp3) is 0.214. The monoisotopic (exact) mass is 276 g/mol. The zero-order chi connectivity index (χ0) is 13.4. The molecule has 0 bridgehead atoms. The number of aryl methyl sites for hydroxylation is 1. The molecule has 98 valence electrons. The van der Waals surface area contributed by atoms with Gasteiger partial charge < -0.3 is 9.73 Å². The zero-order valence-corrected chi connectivity index (χ0v) is 11.4. The van der Waals surface area contributed by atoms with Crippen molar-refractivity contribution in [3.63, 3.8) is 0 Å². The second-order valence-corrected chi connectivity index (χ2v) is 5.60. The van der Waals surface area contributed by atoms with Crippen molar-refractivity contribution in [1.82, 2.24) is 10.3 Å². The summed E-state index contributed by atoms with van der Waals surface area (Å²) in [4.78, 5) is 5.34. The van der Waals surface area contributed by atoms with E-state index in [-0.39, 0.29) is 11.9 Å². The average Bonchev–Trinajstić information content (AvgIpc) is 2.96. The van der Waals surface area contributed by atoms with E-state index in [2.05, 4.69) is 10.3 Å². The van der Waals surface area contributed by atoms with E-state index < -0.39 is 0 Å². The van der Waals surface area contributed by atoms with Gasteiger partial charge in [0.2, 0.25) is 0 Å². The Bertz CT molecular complexity index is 719. The molecule has 0 saturated carbocycles. The summed E-state index contributed by atoms with van der Waals surface area (Å²) in [6.45, 7) is 1.97. The second-order valence-electron chi connectivity index (χ2n) is 4.33. The molecule has 0 fully saturated rings. The first-order valence-electron chi connectivity index (χ1n) is 5.96. The molecule has 3 aromatic rings. The minimum atomic E-state index is -0.255. The minimum Gasteiger partial charge on any atom is -0.459 e. The highest BCUT2D eigenvalue weighted by Crippen LogP contribution is 2.31. The highest BCUT2D eigenvalue weighted by molar-refractivity contribution is 7.11. The molecule has 2 heterocycles. The highest BCUT2D eigenvalue weighted by atomic mass is 32.1. The van der Waals surface area contributed by atoms with Crippen LogP contribution in [0.3, 0.4) is 0 Å². The Hall–Kier alpha value is -1.72. The smallest absolute Gasteiger partial charge is 0.134 e. The molecular formula is C14H13FN2OS. The lowest BCUT2D eigenvalue weighted by molar-refractivity contribution is 0.494. The van der Waals surface area contributed by atoms with E-state index in [0.29, 0.717) is 5.58 Å². The number of thiazole rings is 1. The fourth-order valence-electron chi connectivity index (χ4n) is 2.11. The molecule has 0 spiro atoms. The van der Waals surface area contributed by atoms with Crippen LogP contribution in [0.15, 0.2) is 34.9 Å². The van der Waals surface area contributed by atoms with Crippen molar-refractivity contribution in [1.29, 1.82) is 0 Å². The number of hydrogen-bond donors (Lipinski definition) is 1. The molecule has 1 aromatic carbocycles. The SMILES string of the molecule is CNC(c1cc2cc(F)ccc2o1)c1cnc(C)s1. The molecule has 1 N–H and O–H groups in total. The molecule has 0 aliphatic rings. The van der Waals surface area contributed by atoms with Crippen LogP contribution in [0.1, 0.15) is 21.7 Å². The topological polar surface area (TPSA) is 38.1 Å². The predicted octanol–water partition coefficient (Wildman–Crippen LogP) is 3.65. The number of hydrogen-bond acceptors (Lipinski definition) is 4. The fourth-order valence-corrected chi connectivity index (χ4v) is 3.02. The largest absolute Gasteiger partial charge is 0.459 e. The van der Waals surface area contributed by atoms with Crippen LogP contribution in [-0.4, -0.2) is 12.0 Å². The number of aromatic nitrogens is 1. The molecule has 1 unspecified atom stereocenters. The van der Waals surface area contributed by atoms with Crippen molar-refractivity contribution in [2.75, 3.05) is 7.05 Å². The number of nitrogens with one attached hydrogen (secondary N) is 1. The average molecular weight is 276 g/mol. The molecule has 3 nitrogen and oxygen atoms in total. The Morgan fingerprint density at radius 2 is 2.21 bits per heavy atom. The number of fused-ring (bicyclic) bond motifs is 1. The second kappa shape index (κ2) is 4.75. The van der Waals surface area contributed by atoms with Crippen LogP contribution < -0.4 is 5.32 Å². The van der Waals surface area contributed by atoms with Gasteiger partial charge in [0.25, 0.3) is 0 Å². The summed E-state index contributed by atoms with van der Waals surface area (Å²) < 4.78 is 19.0. The molecule has 0 saturated heterocycles. The molecule has 19 heavy (non-hydrogen) atoms. The van der Waals surface area contributed by atoms with Crippen molar-refractivity contribution >= 4 is 22.3 Å². The van der Waals surface area contributed by atoms with E-state index in [1.165, 1.54) is 12.1 Å². The number of furan rings is 1. The van der Waals surface area contributed by atoms with Gasteiger partial charge in [0.1, 0.15) is 23.2 Å². The number of benzene rings is 1. The Morgan fingerprint density at radius 3 is 2.89 bits per heavy atom. The van der Waals surface area contributed by atoms with Crippen molar-refractivity contribution < 1.29 is 8.81 Å². The lowest BCUT2D eigenvalue weighted by Crippen LogP contribution is -2.15. The van der Waals surface area contributed by atoms with Gasteiger partial charge in [-0.25, -0.2) is 9.37 Å². The first-order valence-corrected chi connectivity index (χ1v) is 6.77.